The minimum atomic E-state index is -0.672. The van der Waals surface area contributed by atoms with Crippen LogP contribution in [0.2, 0.25) is 5.02 Å². The molecule has 1 aliphatic carbocycles. The molecule has 0 saturated heterocycles. The van der Waals surface area contributed by atoms with E-state index in [-0.39, 0.29) is 11.3 Å². The first kappa shape index (κ1) is 13.2. The summed E-state index contributed by atoms with van der Waals surface area (Å²) in [7, 11) is 0. The van der Waals surface area contributed by atoms with Gasteiger partial charge in [0.1, 0.15) is 5.54 Å². The Hall–Kier alpha value is -1.22. The Morgan fingerprint density at radius 3 is 2.50 bits per heavy atom. The van der Waals surface area contributed by atoms with Crippen molar-refractivity contribution in [2.75, 3.05) is 5.32 Å². The number of nitrogens with two attached hydrogens (primary N) is 1. The molecule has 1 unspecified atom stereocenters. The molecule has 2 rings (SSSR count). The first-order valence-electron chi connectivity index (χ1n) is 6.17. The van der Waals surface area contributed by atoms with Crippen LogP contribution in [0.4, 0.5) is 5.69 Å². The monoisotopic (exact) mass is 266 g/mol. The van der Waals surface area contributed by atoms with Gasteiger partial charge in [0.25, 0.3) is 0 Å². The van der Waals surface area contributed by atoms with E-state index in [0.29, 0.717) is 5.02 Å². The second-order valence-electron chi connectivity index (χ2n) is 5.89. The number of anilines is 1. The van der Waals surface area contributed by atoms with E-state index in [1.165, 1.54) is 0 Å². The standard InChI is InChI=1S/C14H19ClN2O/c1-13(2)7-8-14(9-13,12(16)18)17-11-6-4-3-5-10(11)15/h3-6,17H,7-9H2,1-2H3,(H2,16,18). The van der Waals surface area contributed by atoms with Crippen LogP contribution in [0.5, 0.6) is 0 Å². The summed E-state index contributed by atoms with van der Waals surface area (Å²) in [6.45, 7) is 4.32. The zero-order valence-electron chi connectivity index (χ0n) is 10.8. The number of carbonyl (C=O) groups is 1. The molecule has 0 bridgehead atoms. The van der Waals surface area contributed by atoms with Crippen molar-refractivity contribution >= 4 is 23.2 Å². The van der Waals surface area contributed by atoms with E-state index in [4.69, 9.17) is 17.3 Å². The summed E-state index contributed by atoms with van der Waals surface area (Å²) in [6.07, 6.45) is 2.47. The van der Waals surface area contributed by atoms with Crippen molar-refractivity contribution in [2.45, 2.75) is 38.6 Å². The van der Waals surface area contributed by atoms with E-state index in [1.54, 1.807) is 6.07 Å². The molecule has 18 heavy (non-hydrogen) atoms. The highest BCUT2D eigenvalue weighted by Crippen LogP contribution is 2.45. The van der Waals surface area contributed by atoms with Crippen molar-refractivity contribution in [1.82, 2.24) is 0 Å². The molecule has 3 nitrogen and oxygen atoms in total. The van der Waals surface area contributed by atoms with Gasteiger partial charge in [0.05, 0.1) is 10.7 Å². The number of hydrogen-bond donors (Lipinski definition) is 2. The molecule has 1 atom stereocenters. The van der Waals surface area contributed by atoms with Crippen molar-refractivity contribution in [3.63, 3.8) is 0 Å². The Labute approximate surface area is 113 Å². The van der Waals surface area contributed by atoms with Crippen LogP contribution in [0.1, 0.15) is 33.1 Å². The predicted molar refractivity (Wildman–Crippen MR) is 74.6 cm³/mol. The van der Waals surface area contributed by atoms with E-state index in [1.807, 2.05) is 18.2 Å². The smallest absolute Gasteiger partial charge is 0.243 e. The zero-order valence-corrected chi connectivity index (χ0v) is 11.6. The number of amides is 1. The number of carbonyl (C=O) groups excluding carboxylic acids is 1. The lowest BCUT2D eigenvalue weighted by Crippen LogP contribution is -2.49. The lowest BCUT2D eigenvalue weighted by molar-refractivity contribution is -0.122. The number of rotatable bonds is 3. The molecule has 1 fully saturated rings. The fraction of sp³-hybridized carbons (Fsp3) is 0.500. The predicted octanol–water partition coefficient (Wildman–Crippen LogP) is 3.19. The maximum Gasteiger partial charge on any atom is 0.243 e. The second-order valence-corrected chi connectivity index (χ2v) is 6.30. The van der Waals surface area contributed by atoms with Gasteiger partial charge >= 0.3 is 0 Å². The van der Waals surface area contributed by atoms with Crippen LogP contribution in [0.25, 0.3) is 0 Å². The molecule has 0 radical (unpaired) electrons. The largest absolute Gasteiger partial charge is 0.370 e. The topological polar surface area (TPSA) is 55.1 Å². The Morgan fingerprint density at radius 2 is 2.00 bits per heavy atom. The van der Waals surface area contributed by atoms with Gasteiger partial charge in [-0.3, -0.25) is 4.79 Å². The number of para-hydroxylation sites is 1. The Balaban J connectivity index is 2.29. The average Bonchev–Trinajstić information content (AvgIpc) is 2.59. The fourth-order valence-electron chi connectivity index (χ4n) is 2.74. The minimum Gasteiger partial charge on any atom is -0.370 e. The van der Waals surface area contributed by atoms with Gasteiger partial charge in [-0.2, -0.15) is 0 Å². The Kier molecular flexibility index (Phi) is 3.28. The van der Waals surface area contributed by atoms with Crippen molar-refractivity contribution in [1.29, 1.82) is 0 Å². The van der Waals surface area contributed by atoms with Crippen LogP contribution >= 0.6 is 11.6 Å². The van der Waals surface area contributed by atoms with Crippen LogP contribution in [0, 0.1) is 5.41 Å². The molecule has 0 aliphatic heterocycles. The van der Waals surface area contributed by atoms with E-state index in [2.05, 4.69) is 19.2 Å². The number of hydrogen-bond acceptors (Lipinski definition) is 2. The summed E-state index contributed by atoms with van der Waals surface area (Å²) in [5, 5.41) is 3.88. The first-order chi connectivity index (χ1) is 8.35. The SMILES string of the molecule is CC1(C)CCC(Nc2ccccc2Cl)(C(N)=O)C1. The van der Waals surface area contributed by atoms with Gasteiger partial charge in [-0.25, -0.2) is 0 Å². The average molecular weight is 267 g/mol. The summed E-state index contributed by atoms with van der Waals surface area (Å²) < 4.78 is 0. The highest BCUT2D eigenvalue weighted by atomic mass is 35.5. The summed E-state index contributed by atoms with van der Waals surface area (Å²) in [4.78, 5) is 11.8. The van der Waals surface area contributed by atoms with E-state index in [0.717, 1.165) is 24.9 Å². The van der Waals surface area contributed by atoms with Gasteiger partial charge in [-0.15, -0.1) is 0 Å². The third-order valence-electron chi connectivity index (χ3n) is 3.73. The molecule has 1 amide bonds. The Bertz CT molecular complexity index is 473. The number of primary amides is 1. The number of benzene rings is 1. The molecule has 1 saturated carbocycles. The van der Waals surface area contributed by atoms with Crippen molar-refractivity contribution < 1.29 is 4.79 Å². The van der Waals surface area contributed by atoms with Gasteiger partial charge in [0, 0.05) is 0 Å². The van der Waals surface area contributed by atoms with Gasteiger partial charge in [0.2, 0.25) is 5.91 Å². The lowest BCUT2D eigenvalue weighted by Gasteiger charge is -2.30. The van der Waals surface area contributed by atoms with Gasteiger partial charge in [0.15, 0.2) is 0 Å². The summed E-state index contributed by atoms with van der Waals surface area (Å²) in [6, 6.07) is 7.43. The molecule has 98 valence electrons. The molecule has 0 spiro atoms. The number of nitrogens with one attached hydrogen (secondary N) is 1. The van der Waals surface area contributed by atoms with Crippen LogP contribution in [-0.2, 0) is 4.79 Å². The molecule has 1 aromatic rings. The van der Waals surface area contributed by atoms with Gasteiger partial charge < -0.3 is 11.1 Å². The Morgan fingerprint density at radius 1 is 1.33 bits per heavy atom. The third-order valence-corrected chi connectivity index (χ3v) is 4.06. The third kappa shape index (κ3) is 2.46. The molecule has 1 aromatic carbocycles. The molecule has 1 aliphatic rings. The maximum absolute atomic E-state index is 11.8. The van der Waals surface area contributed by atoms with Gasteiger partial charge in [-0.1, -0.05) is 37.6 Å². The zero-order chi connectivity index (χ0) is 13.4. The minimum absolute atomic E-state index is 0.128. The molecular formula is C14H19ClN2O. The number of halogens is 1. The van der Waals surface area contributed by atoms with Crippen LogP contribution in [-0.4, -0.2) is 11.4 Å². The van der Waals surface area contributed by atoms with E-state index in [9.17, 15) is 4.79 Å². The highest BCUT2D eigenvalue weighted by molar-refractivity contribution is 6.33. The van der Waals surface area contributed by atoms with E-state index >= 15 is 0 Å². The first-order valence-corrected chi connectivity index (χ1v) is 6.55. The quantitative estimate of drug-likeness (QED) is 0.883. The molecule has 4 heteroatoms. The fourth-order valence-corrected chi connectivity index (χ4v) is 2.93. The van der Waals surface area contributed by atoms with Crippen LogP contribution < -0.4 is 11.1 Å². The molecule has 0 aromatic heterocycles. The maximum atomic E-state index is 11.8. The van der Waals surface area contributed by atoms with E-state index < -0.39 is 5.54 Å². The van der Waals surface area contributed by atoms with Crippen molar-refractivity contribution in [3.05, 3.63) is 29.3 Å². The lowest BCUT2D eigenvalue weighted by atomic mass is 9.87. The van der Waals surface area contributed by atoms with Gasteiger partial charge in [-0.05, 0) is 36.8 Å². The normalized spacial score (nSPS) is 25.9. The summed E-state index contributed by atoms with van der Waals surface area (Å²) >= 11 is 6.13. The van der Waals surface area contributed by atoms with Crippen molar-refractivity contribution in [2.24, 2.45) is 11.1 Å². The molecular weight excluding hydrogens is 248 g/mol. The summed E-state index contributed by atoms with van der Waals surface area (Å²) in [5.41, 5.74) is 5.84. The van der Waals surface area contributed by atoms with Crippen molar-refractivity contribution in [3.8, 4) is 0 Å². The molecule has 0 heterocycles. The molecule has 3 N–H and O–H groups in total. The van der Waals surface area contributed by atoms with Crippen LogP contribution in [0.3, 0.4) is 0 Å². The summed E-state index contributed by atoms with van der Waals surface area (Å²) in [5.74, 6) is -0.298. The highest BCUT2D eigenvalue weighted by Gasteiger charge is 2.47. The second kappa shape index (κ2) is 4.47. The van der Waals surface area contributed by atoms with Crippen LogP contribution in [0.15, 0.2) is 24.3 Å².